The number of piperidine rings is 1. The van der Waals surface area contributed by atoms with Crippen LogP contribution >= 0.6 is 0 Å². The zero-order valence-corrected chi connectivity index (χ0v) is 10.4. The molecule has 0 radical (unpaired) electrons. The van der Waals surface area contributed by atoms with Gasteiger partial charge in [-0.15, -0.1) is 0 Å². The van der Waals surface area contributed by atoms with Crippen LogP contribution in [0.1, 0.15) is 12.8 Å². The molecular formula is C13H15NO4. The standard InChI is InChI=1S/C13H15NO4/c1-17-10-3-4-11(12(8-10)18-2)14-6-5-9(15)7-13(14)16/h3-4,8H,5-7H2,1-2H3. The Hall–Kier alpha value is -2.04. The van der Waals surface area contributed by atoms with Crippen molar-refractivity contribution in [2.24, 2.45) is 0 Å². The maximum Gasteiger partial charge on any atom is 0.234 e. The molecule has 0 aliphatic carbocycles. The van der Waals surface area contributed by atoms with Gasteiger partial charge in [0, 0.05) is 19.0 Å². The summed E-state index contributed by atoms with van der Waals surface area (Å²) in [4.78, 5) is 24.6. The largest absolute Gasteiger partial charge is 0.497 e. The summed E-state index contributed by atoms with van der Waals surface area (Å²) in [6, 6.07) is 5.26. The first-order chi connectivity index (χ1) is 8.65. The van der Waals surface area contributed by atoms with Crippen LogP contribution in [-0.2, 0) is 9.59 Å². The van der Waals surface area contributed by atoms with Crippen molar-refractivity contribution in [1.29, 1.82) is 0 Å². The Morgan fingerprint density at radius 3 is 2.56 bits per heavy atom. The van der Waals surface area contributed by atoms with E-state index in [0.717, 1.165) is 0 Å². The van der Waals surface area contributed by atoms with E-state index in [9.17, 15) is 9.59 Å². The monoisotopic (exact) mass is 249 g/mol. The fraction of sp³-hybridized carbons (Fsp3) is 0.385. The fourth-order valence-corrected chi connectivity index (χ4v) is 1.98. The van der Waals surface area contributed by atoms with Gasteiger partial charge in [-0.2, -0.15) is 0 Å². The molecule has 1 aliphatic rings. The average Bonchev–Trinajstić information content (AvgIpc) is 2.38. The second kappa shape index (κ2) is 5.08. The maximum absolute atomic E-state index is 11.8. The van der Waals surface area contributed by atoms with E-state index in [-0.39, 0.29) is 18.1 Å². The lowest BCUT2D eigenvalue weighted by Crippen LogP contribution is -2.39. The third kappa shape index (κ3) is 2.30. The highest BCUT2D eigenvalue weighted by Crippen LogP contribution is 2.33. The third-order valence-corrected chi connectivity index (χ3v) is 2.94. The normalized spacial score (nSPS) is 15.8. The van der Waals surface area contributed by atoms with Gasteiger partial charge in [-0.3, -0.25) is 9.59 Å². The fourth-order valence-electron chi connectivity index (χ4n) is 1.98. The Morgan fingerprint density at radius 2 is 1.94 bits per heavy atom. The molecule has 1 aromatic rings. The first kappa shape index (κ1) is 12.4. The van der Waals surface area contributed by atoms with E-state index in [4.69, 9.17) is 9.47 Å². The number of nitrogens with zero attached hydrogens (tertiary/aromatic N) is 1. The number of carbonyl (C=O) groups excluding carboxylic acids is 2. The molecule has 2 rings (SSSR count). The van der Waals surface area contributed by atoms with E-state index in [1.54, 1.807) is 30.2 Å². The van der Waals surface area contributed by atoms with Crippen molar-refractivity contribution in [3.8, 4) is 11.5 Å². The number of hydrogen-bond donors (Lipinski definition) is 0. The van der Waals surface area contributed by atoms with Gasteiger partial charge in [0.05, 0.1) is 26.3 Å². The molecule has 18 heavy (non-hydrogen) atoms. The van der Waals surface area contributed by atoms with Gasteiger partial charge in [0.1, 0.15) is 17.3 Å². The molecule has 5 nitrogen and oxygen atoms in total. The van der Waals surface area contributed by atoms with E-state index >= 15 is 0 Å². The first-order valence-electron chi connectivity index (χ1n) is 5.70. The van der Waals surface area contributed by atoms with Crippen molar-refractivity contribution in [2.75, 3.05) is 25.7 Å². The predicted octanol–water partition coefficient (Wildman–Crippen LogP) is 1.40. The third-order valence-electron chi connectivity index (χ3n) is 2.94. The summed E-state index contributed by atoms with van der Waals surface area (Å²) in [5.41, 5.74) is 0.677. The van der Waals surface area contributed by atoms with Crippen LogP contribution in [-0.4, -0.2) is 32.5 Å². The summed E-state index contributed by atoms with van der Waals surface area (Å²) in [5.74, 6) is 1.03. The van der Waals surface area contributed by atoms with Crippen molar-refractivity contribution in [3.05, 3.63) is 18.2 Å². The minimum atomic E-state index is -0.185. The summed E-state index contributed by atoms with van der Waals surface area (Å²) in [7, 11) is 3.11. The van der Waals surface area contributed by atoms with Crippen LogP contribution in [0.3, 0.4) is 0 Å². The molecule has 5 heteroatoms. The van der Waals surface area contributed by atoms with Crippen LogP contribution in [0.4, 0.5) is 5.69 Å². The summed E-state index contributed by atoms with van der Waals surface area (Å²) in [5, 5.41) is 0. The highest BCUT2D eigenvalue weighted by molar-refractivity contribution is 6.09. The Kier molecular flexibility index (Phi) is 3.50. The molecule has 0 N–H and O–H groups in total. The van der Waals surface area contributed by atoms with Crippen LogP contribution in [0, 0.1) is 0 Å². The molecular weight excluding hydrogens is 234 g/mol. The minimum Gasteiger partial charge on any atom is -0.497 e. The predicted molar refractivity (Wildman–Crippen MR) is 66.1 cm³/mol. The highest BCUT2D eigenvalue weighted by Gasteiger charge is 2.26. The molecule has 1 amide bonds. The lowest BCUT2D eigenvalue weighted by atomic mass is 10.1. The molecule has 0 aromatic heterocycles. The van der Waals surface area contributed by atoms with Gasteiger partial charge in [0.25, 0.3) is 0 Å². The maximum atomic E-state index is 11.8. The number of amides is 1. The van der Waals surface area contributed by atoms with E-state index in [1.807, 2.05) is 0 Å². The summed E-state index contributed by atoms with van der Waals surface area (Å²) in [6.07, 6.45) is 0.357. The van der Waals surface area contributed by atoms with Gasteiger partial charge < -0.3 is 14.4 Å². The molecule has 0 spiro atoms. The summed E-state index contributed by atoms with van der Waals surface area (Å²) >= 11 is 0. The topological polar surface area (TPSA) is 55.8 Å². The number of methoxy groups -OCH3 is 2. The van der Waals surface area contributed by atoms with Gasteiger partial charge in [0.2, 0.25) is 5.91 Å². The zero-order chi connectivity index (χ0) is 13.1. The Balaban J connectivity index is 2.32. The number of hydrogen-bond acceptors (Lipinski definition) is 4. The van der Waals surface area contributed by atoms with E-state index in [0.29, 0.717) is 30.2 Å². The Bertz CT molecular complexity index is 484. The SMILES string of the molecule is COc1ccc(N2CCC(=O)CC2=O)c(OC)c1. The van der Waals surface area contributed by atoms with Crippen molar-refractivity contribution < 1.29 is 19.1 Å². The second-order valence-corrected chi connectivity index (χ2v) is 4.05. The number of benzene rings is 1. The molecule has 1 aromatic carbocycles. The minimum absolute atomic E-state index is 0.0104. The van der Waals surface area contributed by atoms with Crippen molar-refractivity contribution >= 4 is 17.4 Å². The first-order valence-corrected chi connectivity index (χ1v) is 5.70. The van der Waals surface area contributed by atoms with Crippen LogP contribution in [0.25, 0.3) is 0 Å². The summed E-state index contributed by atoms with van der Waals surface area (Å²) < 4.78 is 10.4. The smallest absolute Gasteiger partial charge is 0.234 e. The van der Waals surface area contributed by atoms with Crippen LogP contribution in [0.5, 0.6) is 11.5 Å². The van der Waals surface area contributed by atoms with Gasteiger partial charge >= 0.3 is 0 Å². The highest BCUT2D eigenvalue weighted by atomic mass is 16.5. The average molecular weight is 249 g/mol. The molecule has 1 heterocycles. The second-order valence-electron chi connectivity index (χ2n) is 4.05. The van der Waals surface area contributed by atoms with Gasteiger partial charge in [-0.25, -0.2) is 0 Å². The molecule has 0 saturated carbocycles. The quantitative estimate of drug-likeness (QED) is 0.760. The van der Waals surface area contributed by atoms with E-state index < -0.39 is 0 Å². The van der Waals surface area contributed by atoms with Gasteiger partial charge in [0.15, 0.2) is 0 Å². The molecule has 96 valence electrons. The van der Waals surface area contributed by atoms with Crippen molar-refractivity contribution in [3.63, 3.8) is 0 Å². The molecule has 0 atom stereocenters. The van der Waals surface area contributed by atoms with Gasteiger partial charge in [-0.05, 0) is 12.1 Å². The molecule has 1 fully saturated rings. The number of carbonyl (C=O) groups is 2. The number of rotatable bonds is 3. The van der Waals surface area contributed by atoms with Crippen LogP contribution in [0.2, 0.25) is 0 Å². The van der Waals surface area contributed by atoms with Crippen molar-refractivity contribution in [2.45, 2.75) is 12.8 Å². The summed E-state index contributed by atoms with van der Waals surface area (Å²) in [6.45, 7) is 0.403. The lowest BCUT2D eigenvalue weighted by molar-refractivity contribution is -0.128. The Morgan fingerprint density at radius 1 is 1.17 bits per heavy atom. The zero-order valence-electron chi connectivity index (χ0n) is 10.4. The number of ether oxygens (including phenoxy) is 2. The number of anilines is 1. The number of ketones is 1. The number of Topliss-reactive ketones (excluding diaryl/α,β-unsaturated/α-hetero) is 1. The Labute approximate surface area is 105 Å². The lowest BCUT2D eigenvalue weighted by Gasteiger charge is -2.27. The molecule has 0 bridgehead atoms. The molecule has 0 unspecified atom stereocenters. The van der Waals surface area contributed by atoms with Crippen molar-refractivity contribution in [1.82, 2.24) is 0 Å². The van der Waals surface area contributed by atoms with Crippen LogP contribution < -0.4 is 14.4 Å². The molecule has 1 saturated heterocycles. The van der Waals surface area contributed by atoms with Gasteiger partial charge in [-0.1, -0.05) is 0 Å². The van der Waals surface area contributed by atoms with E-state index in [1.165, 1.54) is 7.11 Å². The van der Waals surface area contributed by atoms with Crippen LogP contribution in [0.15, 0.2) is 18.2 Å². The van der Waals surface area contributed by atoms with E-state index in [2.05, 4.69) is 0 Å². The molecule has 1 aliphatic heterocycles.